The first-order valence-electron chi connectivity index (χ1n) is 6.06. The van der Waals surface area contributed by atoms with Crippen molar-refractivity contribution < 1.29 is 10.2 Å². The summed E-state index contributed by atoms with van der Waals surface area (Å²) in [5.74, 6) is 0.420. The zero-order valence-corrected chi connectivity index (χ0v) is 9.54. The maximum atomic E-state index is 9.07. The second kappa shape index (κ2) is 11.0. The Balaban J connectivity index is 3.24. The lowest BCUT2D eigenvalue weighted by atomic mass is 9.97. The van der Waals surface area contributed by atoms with Crippen molar-refractivity contribution in [3.8, 4) is 0 Å². The third kappa shape index (κ3) is 8.52. The first kappa shape index (κ1) is 13.9. The van der Waals surface area contributed by atoms with Gasteiger partial charge in [-0.1, -0.05) is 39.0 Å². The number of hydrogen-bond acceptors (Lipinski definition) is 2. The summed E-state index contributed by atoms with van der Waals surface area (Å²) in [6, 6.07) is 0. The van der Waals surface area contributed by atoms with Crippen molar-refractivity contribution in [3.63, 3.8) is 0 Å². The molecule has 0 spiro atoms. The van der Waals surface area contributed by atoms with Crippen LogP contribution in [0.5, 0.6) is 0 Å². The van der Waals surface area contributed by atoms with Crippen molar-refractivity contribution in [2.45, 2.75) is 58.3 Å². The summed E-state index contributed by atoms with van der Waals surface area (Å²) in [4.78, 5) is 0. The van der Waals surface area contributed by atoms with E-state index in [1.807, 2.05) is 0 Å². The molecule has 2 N–H and O–H groups in total. The number of aliphatic hydroxyl groups excluding tert-OH is 2. The monoisotopic (exact) mass is 202 g/mol. The second-order valence-electron chi connectivity index (χ2n) is 4.12. The molecule has 0 aromatic heterocycles. The average Bonchev–Trinajstić information content (AvgIpc) is 2.22. The molecular weight excluding hydrogens is 176 g/mol. The van der Waals surface area contributed by atoms with Crippen molar-refractivity contribution in [1.82, 2.24) is 0 Å². The minimum absolute atomic E-state index is 0.256. The predicted octanol–water partition coefficient (Wildman–Crippen LogP) is 2.73. The van der Waals surface area contributed by atoms with Gasteiger partial charge in [-0.25, -0.2) is 0 Å². The van der Waals surface area contributed by atoms with E-state index in [0.29, 0.717) is 5.92 Å². The van der Waals surface area contributed by atoms with Crippen molar-refractivity contribution in [2.24, 2.45) is 5.92 Å². The molecule has 0 heterocycles. The molecule has 0 amide bonds. The van der Waals surface area contributed by atoms with Crippen LogP contribution in [0, 0.1) is 5.92 Å². The van der Waals surface area contributed by atoms with E-state index in [0.717, 1.165) is 19.3 Å². The van der Waals surface area contributed by atoms with Crippen molar-refractivity contribution in [2.75, 3.05) is 13.2 Å². The maximum absolute atomic E-state index is 9.07. The molecule has 86 valence electrons. The third-order valence-electron chi connectivity index (χ3n) is 2.74. The average molecular weight is 202 g/mol. The molecule has 14 heavy (non-hydrogen) atoms. The van der Waals surface area contributed by atoms with Crippen molar-refractivity contribution in [3.05, 3.63) is 0 Å². The third-order valence-corrected chi connectivity index (χ3v) is 2.74. The largest absolute Gasteiger partial charge is 0.396 e. The molecule has 0 aliphatic heterocycles. The lowest BCUT2D eigenvalue weighted by Gasteiger charge is -2.12. The summed E-state index contributed by atoms with van der Waals surface area (Å²) in [5.41, 5.74) is 0. The molecule has 0 saturated carbocycles. The molecule has 0 aromatic carbocycles. The Morgan fingerprint density at radius 1 is 0.857 bits per heavy atom. The topological polar surface area (TPSA) is 40.5 Å². The van der Waals surface area contributed by atoms with Gasteiger partial charge >= 0.3 is 0 Å². The standard InChI is InChI=1S/C12H26O2/c1-2-3-4-5-6-8-12(11-14)9-7-10-13/h12-14H,2-11H2,1H3/t12-/m0/s1. The molecule has 0 bridgehead atoms. The quantitative estimate of drug-likeness (QED) is 0.535. The SMILES string of the molecule is CCCCCCC[C@H](CO)CCCO. The summed E-state index contributed by atoms with van der Waals surface area (Å²) >= 11 is 0. The molecule has 0 saturated heterocycles. The molecule has 0 aromatic rings. The van der Waals surface area contributed by atoms with Gasteiger partial charge in [0.25, 0.3) is 0 Å². The number of rotatable bonds is 10. The Bertz CT molecular complexity index is 104. The number of unbranched alkanes of at least 4 members (excludes halogenated alkanes) is 4. The van der Waals surface area contributed by atoms with Crippen LogP contribution in [0.15, 0.2) is 0 Å². The van der Waals surface area contributed by atoms with Gasteiger partial charge in [0.2, 0.25) is 0 Å². The van der Waals surface area contributed by atoms with Gasteiger partial charge in [0.15, 0.2) is 0 Å². The first-order valence-corrected chi connectivity index (χ1v) is 6.06. The van der Waals surface area contributed by atoms with Gasteiger partial charge in [0.05, 0.1) is 0 Å². The molecule has 0 unspecified atom stereocenters. The van der Waals surface area contributed by atoms with E-state index in [4.69, 9.17) is 10.2 Å². The van der Waals surface area contributed by atoms with Crippen molar-refractivity contribution >= 4 is 0 Å². The summed E-state index contributed by atoms with van der Waals surface area (Å²) in [6.07, 6.45) is 9.41. The fourth-order valence-electron chi connectivity index (χ4n) is 1.74. The smallest absolute Gasteiger partial charge is 0.0459 e. The zero-order valence-electron chi connectivity index (χ0n) is 9.54. The van der Waals surface area contributed by atoms with Crippen LogP contribution in [-0.4, -0.2) is 23.4 Å². The fraction of sp³-hybridized carbons (Fsp3) is 1.00. The van der Waals surface area contributed by atoms with Crippen molar-refractivity contribution in [1.29, 1.82) is 0 Å². The van der Waals surface area contributed by atoms with E-state index in [9.17, 15) is 0 Å². The Morgan fingerprint density at radius 2 is 1.50 bits per heavy atom. The van der Waals surface area contributed by atoms with Gasteiger partial charge < -0.3 is 10.2 Å². The Morgan fingerprint density at radius 3 is 2.07 bits per heavy atom. The van der Waals surface area contributed by atoms with E-state index in [-0.39, 0.29) is 13.2 Å². The summed E-state index contributed by atoms with van der Waals surface area (Å²) in [6.45, 7) is 2.76. The molecular formula is C12H26O2. The van der Waals surface area contributed by atoms with Crippen LogP contribution in [0.4, 0.5) is 0 Å². The number of hydrogen-bond donors (Lipinski definition) is 2. The van der Waals surface area contributed by atoms with E-state index >= 15 is 0 Å². The minimum Gasteiger partial charge on any atom is -0.396 e. The van der Waals surface area contributed by atoms with Crippen LogP contribution in [0.3, 0.4) is 0 Å². The highest BCUT2D eigenvalue weighted by Gasteiger charge is 2.05. The molecule has 0 aliphatic rings. The zero-order chi connectivity index (χ0) is 10.6. The summed E-state index contributed by atoms with van der Waals surface area (Å²) < 4.78 is 0. The lowest BCUT2D eigenvalue weighted by molar-refractivity contribution is 0.191. The molecule has 0 fully saturated rings. The predicted molar refractivity (Wildman–Crippen MR) is 60.3 cm³/mol. The molecule has 0 aliphatic carbocycles. The van der Waals surface area contributed by atoms with Crippen LogP contribution in [0.2, 0.25) is 0 Å². The van der Waals surface area contributed by atoms with Gasteiger partial charge in [-0.3, -0.25) is 0 Å². The van der Waals surface area contributed by atoms with Gasteiger partial charge in [0.1, 0.15) is 0 Å². The van der Waals surface area contributed by atoms with E-state index in [2.05, 4.69) is 6.92 Å². The maximum Gasteiger partial charge on any atom is 0.0459 e. The molecule has 2 nitrogen and oxygen atoms in total. The molecule has 2 heteroatoms. The van der Waals surface area contributed by atoms with E-state index < -0.39 is 0 Å². The summed E-state index contributed by atoms with van der Waals surface area (Å²) in [7, 11) is 0. The molecule has 0 rings (SSSR count). The second-order valence-corrected chi connectivity index (χ2v) is 4.12. The Labute approximate surface area is 88.3 Å². The van der Waals surface area contributed by atoms with Crippen LogP contribution in [0.1, 0.15) is 58.3 Å². The molecule has 0 radical (unpaired) electrons. The summed E-state index contributed by atoms with van der Waals surface area (Å²) in [5, 5.41) is 17.7. The van der Waals surface area contributed by atoms with Crippen LogP contribution in [0.25, 0.3) is 0 Å². The van der Waals surface area contributed by atoms with Gasteiger partial charge in [0, 0.05) is 13.2 Å². The Kier molecular flexibility index (Phi) is 10.9. The van der Waals surface area contributed by atoms with Gasteiger partial charge in [-0.15, -0.1) is 0 Å². The highest BCUT2D eigenvalue weighted by Crippen LogP contribution is 2.15. The van der Waals surface area contributed by atoms with E-state index in [1.54, 1.807) is 0 Å². The van der Waals surface area contributed by atoms with Gasteiger partial charge in [-0.2, -0.15) is 0 Å². The highest BCUT2D eigenvalue weighted by atomic mass is 16.3. The minimum atomic E-state index is 0.256. The molecule has 1 atom stereocenters. The van der Waals surface area contributed by atoms with Crippen LogP contribution >= 0.6 is 0 Å². The normalized spacial score (nSPS) is 13.1. The van der Waals surface area contributed by atoms with Crippen LogP contribution < -0.4 is 0 Å². The highest BCUT2D eigenvalue weighted by molar-refractivity contribution is 4.58. The van der Waals surface area contributed by atoms with Crippen LogP contribution in [-0.2, 0) is 0 Å². The first-order chi connectivity index (χ1) is 6.85. The van der Waals surface area contributed by atoms with Gasteiger partial charge in [-0.05, 0) is 25.2 Å². The Hall–Kier alpha value is -0.0800. The number of aliphatic hydroxyl groups is 2. The fourth-order valence-corrected chi connectivity index (χ4v) is 1.74. The lowest BCUT2D eigenvalue weighted by Crippen LogP contribution is -2.06. The van der Waals surface area contributed by atoms with E-state index in [1.165, 1.54) is 32.1 Å².